The summed E-state index contributed by atoms with van der Waals surface area (Å²) >= 11 is 8.75. The van der Waals surface area contributed by atoms with Crippen LogP contribution in [0.2, 0.25) is 0 Å². The van der Waals surface area contributed by atoms with Gasteiger partial charge < -0.3 is 4.74 Å². The van der Waals surface area contributed by atoms with Crippen LogP contribution in [-0.2, 0) is 12.5 Å². The Morgan fingerprint density at radius 2 is 1.84 bits per heavy atom. The van der Waals surface area contributed by atoms with Crippen LogP contribution in [0.15, 0.2) is 40.9 Å². The summed E-state index contributed by atoms with van der Waals surface area (Å²) in [6.45, 7) is 0.226. The largest absolute Gasteiger partial charge is 0.489 e. The molecule has 0 unspecified atom stereocenters. The third-order valence-electron chi connectivity index (χ3n) is 2.47. The molecular formula is C14H10BrClF2O. The van der Waals surface area contributed by atoms with Gasteiger partial charge in [0, 0.05) is 11.9 Å². The van der Waals surface area contributed by atoms with E-state index in [4.69, 9.17) is 16.3 Å². The van der Waals surface area contributed by atoms with Crippen LogP contribution in [0.4, 0.5) is 8.78 Å². The summed E-state index contributed by atoms with van der Waals surface area (Å²) in [6, 6.07) is 8.90. The number of hydrogen-bond donors (Lipinski definition) is 0. The van der Waals surface area contributed by atoms with E-state index in [1.165, 1.54) is 18.2 Å². The Morgan fingerprint density at radius 3 is 2.53 bits per heavy atom. The second-order valence-electron chi connectivity index (χ2n) is 3.97. The van der Waals surface area contributed by atoms with Gasteiger partial charge in [0.25, 0.3) is 0 Å². The third-order valence-corrected chi connectivity index (χ3v) is 3.39. The molecule has 0 aliphatic rings. The van der Waals surface area contributed by atoms with Gasteiger partial charge in [-0.15, -0.1) is 11.6 Å². The van der Waals surface area contributed by atoms with E-state index >= 15 is 0 Å². The Balaban J connectivity index is 2.09. The van der Waals surface area contributed by atoms with E-state index in [9.17, 15) is 8.78 Å². The molecule has 0 bridgehead atoms. The summed E-state index contributed by atoms with van der Waals surface area (Å²) in [5.74, 6) is -0.112. The second kappa shape index (κ2) is 6.35. The van der Waals surface area contributed by atoms with Crippen LogP contribution in [0.5, 0.6) is 5.75 Å². The van der Waals surface area contributed by atoms with E-state index in [1.54, 1.807) is 18.2 Å². The maximum atomic E-state index is 13.3. The van der Waals surface area contributed by atoms with E-state index < -0.39 is 5.82 Å². The van der Waals surface area contributed by atoms with Crippen molar-refractivity contribution in [2.45, 2.75) is 12.5 Å². The minimum absolute atomic E-state index is 0.218. The van der Waals surface area contributed by atoms with Crippen molar-refractivity contribution in [3.05, 3.63) is 63.6 Å². The first-order valence-corrected chi connectivity index (χ1v) is 6.83. The lowest BCUT2D eigenvalue weighted by molar-refractivity contribution is 0.304. The molecule has 19 heavy (non-hydrogen) atoms. The number of halogens is 4. The van der Waals surface area contributed by atoms with E-state index in [2.05, 4.69) is 15.9 Å². The van der Waals surface area contributed by atoms with Crippen LogP contribution in [0.3, 0.4) is 0 Å². The molecule has 0 heterocycles. The lowest BCUT2D eigenvalue weighted by atomic mass is 10.2. The van der Waals surface area contributed by atoms with Gasteiger partial charge in [-0.3, -0.25) is 0 Å². The molecule has 0 spiro atoms. The third kappa shape index (κ3) is 3.91. The molecule has 2 aromatic rings. The fraction of sp³-hybridized carbons (Fsp3) is 0.143. The molecule has 0 aliphatic carbocycles. The molecule has 0 atom stereocenters. The molecule has 0 N–H and O–H groups in total. The molecule has 0 saturated heterocycles. The molecule has 0 fully saturated rings. The minimum Gasteiger partial charge on any atom is -0.489 e. The first-order chi connectivity index (χ1) is 9.08. The van der Waals surface area contributed by atoms with Crippen LogP contribution in [0.1, 0.15) is 11.1 Å². The van der Waals surface area contributed by atoms with Crippen LogP contribution in [0, 0.1) is 11.6 Å². The van der Waals surface area contributed by atoms with Crippen molar-refractivity contribution in [3.63, 3.8) is 0 Å². The van der Waals surface area contributed by atoms with Crippen LogP contribution >= 0.6 is 27.5 Å². The Bertz CT molecular complexity index is 590. The van der Waals surface area contributed by atoms with E-state index in [1.807, 2.05) is 0 Å². The molecule has 0 amide bonds. The molecule has 0 aromatic heterocycles. The molecule has 0 saturated carbocycles. The zero-order chi connectivity index (χ0) is 13.8. The minimum atomic E-state index is -0.395. The molecule has 100 valence electrons. The highest BCUT2D eigenvalue weighted by Crippen LogP contribution is 2.21. The Morgan fingerprint density at radius 1 is 1.05 bits per heavy atom. The van der Waals surface area contributed by atoms with Crippen molar-refractivity contribution in [1.82, 2.24) is 0 Å². The quantitative estimate of drug-likeness (QED) is 0.704. The molecule has 5 heteroatoms. The van der Waals surface area contributed by atoms with Crippen molar-refractivity contribution in [2.75, 3.05) is 0 Å². The highest BCUT2D eigenvalue weighted by Gasteiger charge is 2.04. The fourth-order valence-corrected chi connectivity index (χ4v) is 2.16. The summed E-state index contributed by atoms with van der Waals surface area (Å²) in [4.78, 5) is 0. The highest BCUT2D eigenvalue weighted by molar-refractivity contribution is 9.10. The SMILES string of the molecule is Fc1cc(CCl)cc(OCc2ccc(F)c(Br)c2)c1. The van der Waals surface area contributed by atoms with Crippen molar-refractivity contribution in [3.8, 4) is 5.75 Å². The second-order valence-corrected chi connectivity index (χ2v) is 5.09. The van der Waals surface area contributed by atoms with E-state index in [0.717, 1.165) is 5.56 Å². The summed E-state index contributed by atoms with van der Waals surface area (Å²) in [5, 5.41) is 0. The van der Waals surface area contributed by atoms with Gasteiger partial charge in [-0.1, -0.05) is 6.07 Å². The first kappa shape index (κ1) is 14.3. The first-order valence-electron chi connectivity index (χ1n) is 5.50. The van der Waals surface area contributed by atoms with Gasteiger partial charge in [-0.2, -0.15) is 0 Å². The van der Waals surface area contributed by atoms with Gasteiger partial charge in [0.2, 0.25) is 0 Å². The average molecular weight is 348 g/mol. The normalized spacial score (nSPS) is 10.5. The average Bonchev–Trinajstić information content (AvgIpc) is 2.39. The smallest absolute Gasteiger partial charge is 0.137 e. The summed E-state index contributed by atoms with van der Waals surface area (Å²) < 4.78 is 32.2. The Hall–Kier alpha value is -1.13. The molecular weight excluding hydrogens is 338 g/mol. The molecule has 0 aliphatic heterocycles. The van der Waals surface area contributed by atoms with Crippen molar-refractivity contribution >= 4 is 27.5 Å². The van der Waals surface area contributed by atoms with Crippen molar-refractivity contribution in [2.24, 2.45) is 0 Å². The lowest BCUT2D eigenvalue weighted by Crippen LogP contribution is -1.97. The number of benzene rings is 2. The van der Waals surface area contributed by atoms with Gasteiger partial charge in [-0.05, 0) is 51.3 Å². The monoisotopic (exact) mass is 346 g/mol. The maximum absolute atomic E-state index is 13.3. The van der Waals surface area contributed by atoms with Crippen LogP contribution < -0.4 is 4.74 Å². The Kier molecular flexibility index (Phi) is 4.77. The summed E-state index contributed by atoms with van der Waals surface area (Å²) in [5.41, 5.74) is 1.43. The van der Waals surface area contributed by atoms with Crippen molar-refractivity contribution in [1.29, 1.82) is 0 Å². The topological polar surface area (TPSA) is 9.23 Å². The number of ether oxygens (including phenoxy) is 1. The van der Waals surface area contributed by atoms with Gasteiger partial charge in [0.15, 0.2) is 0 Å². The lowest BCUT2D eigenvalue weighted by Gasteiger charge is -2.08. The fourth-order valence-electron chi connectivity index (χ4n) is 1.58. The van der Waals surface area contributed by atoms with E-state index in [0.29, 0.717) is 15.8 Å². The van der Waals surface area contributed by atoms with Crippen LogP contribution in [-0.4, -0.2) is 0 Å². The highest BCUT2D eigenvalue weighted by atomic mass is 79.9. The molecule has 2 rings (SSSR count). The van der Waals surface area contributed by atoms with Crippen LogP contribution in [0.25, 0.3) is 0 Å². The zero-order valence-corrected chi connectivity index (χ0v) is 12.1. The van der Waals surface area contributed by atoms with Gasteiger partial charge >= 0.3 is 0 Å². The zero-order valence-electron chi connectivity index (χ0n) is 9.80. The summed E-state index contributed by atoms with van der Waals surface area (Å²) in [7, 11) is 0. The van der Waals surface area contributed by atoms with Gasteiger partial charge in [0.1, 0.15) is 24.0 Å². The molecule has 0 radical (unpaired) electrons. The Labute approximate surface area is 123 Å². The number of alkyl halides is 1. The van der Waals surface area contributed by atoms with Crippen molar-refractivity contribution < 1.29 is 13.5 Å². The number of rotatable bonds is 4. The standard InChI is InChI=1S/C14H10BrClF2O/c15-13-5-9(1-2-14(13)18)8-19-12-4-10(7-16)3-11(17)6-12/h1-6H,7-8H2. The van der Waals surface area contributed by atoms with Gasteiger partial charge in [-0.25, -0.2) is 8.78 Å². The maximum Gasteiger partial charge on any atom is 0.137 e. The predicted octanol–water partition coefficient (Wildman–Crippen LogP) is 5.05. The van der Waals surface area contributed by atoms with E-state index in [-0.39, 0.29) is 18.3 Å². The summed E-state index contributed by atoms with van der Waals surface area (Å²) in [6.07, 6.45) is 0. The number of hydrogen-bond acceptors (Lipinski definition) is 1. The molecule has 2 aromatic carbocycles. The van der Waals surface area contributed by atoms with Gasteiger partial charge in [0.05, 0.1) is 4.47 Å². The predicted molar refractivity (Wildman–Crippen MR) is 74.4 cm³/mol. The molecule has 1 nitrogen and oxygen atoms in total.